The van der Waals surface area contributed by atoms with Crippen LogP contribution in [0.2, 0.25) is 0 Å². The first-order chi connectivity index (χ1) is 12.1. The summed E-state index contributed by atoms with van der Waals surface area (Å²) < 4.78 is 30.4. The van der Waals surface area contributed by atoms with E-state index < -0.39 is 10.1 Å². The number of halogens is 1. The molecule has 1 heterocycles. The van der Waals surface area contributed by atoms with Gasteiger partial charge in [-0.3, -0.25) is 14.7 Å². The summed E-state index contributed by atoms with van der Waals surface area (Å²) in [5.74, 6) is 0. The van der Waals surface area contributed by atoms with Crippen LogP contribution in [0.15, 0.2) is 52.0 Å². The van der Waals surface area contributed by atoms with Gasteiger partial charge in [0.25, 0.3) is 15.8 Å². The van der Waals surface area contributed by atoms with Gasteiger partial charge in [-0.15, -0.1) is 0 Å². The highest BCUT2D eigenvalue weighted by Crippen LogP contribution is 2.33. The Bertz CT molecular complexity index is 956. The van der Waals surface area contributed by atoms with Gasteiger partial charge >= 0.3 is 0 Å². The average molecular weight is 441 g/mol. The van der Waals surface area contributed by atoms with Crippen LogP contribution >= 0.6 is 15.9 Å². The third kappa shape index (κ3) is 4.90. The van der Waals surface area contributed by atoms with Crippen LogP contribution in [0.1, 0.15) is 16.7 Å². The van der Waals surface area contributed by atoms with E-state index in [0.717, 1.165) is 21.2 Å². The lowest BCUT2D eigenvalue weighted by Crippen LogP contribution is -2.16. The monoisotopic (exact) mass is 440 g/mol. The fraction of sp³-hybridized carbons (Fsp3) is 0.176. The second kappa shape index (κ2) is 7.98. The molecule has 1 N–H and O–H groups in total. The molecule has 0 aromatic heterocycles. The molecule has 0 amide bonds. The Morgan fingerprint density at radius 2 is 1.81 bits per heavy atom. The van der Waals surface area contributed by atoms with Crippen LogP contribution < -0.4 is 0 Å². The number of rotatable bonds is 2. The Morgan fingerprint density at radius 3 is 2.35 bits per heavy atom. The molecule has 2 aromatic carbocycles. The molecule has 0 saturated heterocycles. The average Bonchev–Trinajstić information content (AvgIpc) is 2.54. The van der Waals surface area contributed by atoms with E-state index in [0.29, 0.717) is 6.54 Å². The second-order valence-electron chi connectivity index (χ2n) is 5.73. The lowest BCUT2D eigenvalue weighted by molar-refractivity contribution is -0.385. The summed E-state index contributed by atoms with van der Waals surface area (Å²) in [6.45, 7) is 2.41. The molecule has 0 fully saturated rings. The van der Waals surface area contributed by atoms with Crippen molar-refractivity contribution in [1.82, 2.24) is 4.90 Å². The summed E-state index contributed by atoms with van der Waals surface area (Å²) in [7, 11) is -2.13. The lowest BCUT2D eigenvalue weighted by atomic mass is 10.0. The summed E-state index contributed by atoms with van der Waals surface area (Å²) in [4.78, 5) is 12.4. The standard InChI is InChI=1S/C10H9BrN2O2.C7H8O3S/c1-12-5-4-7-8(6-12)10(13(14)15)3-2-9(7)11;1-6-2-4-7(5-3-6)11(8,9)10/h2-5H,6H2,1H3;2-5H,1H3,(H,8,9,10). The highest BCUT2D eigenvalue weighted by atomic mass is 79.9. The van der Waals surface area contributed by atoms with E-state index in [2.05, 4.69) is 15.9 Å². The van der Waals surface area contributed by atoms with Gasteiger partial charge in [0.2, 0.25) is 0 Å². The number of nitro groups is 1. The van der Waals surface area contributed by atoms with Gasteiger partial charge in [0.1, 0.15) is 0 Å². The van der Waals surface area contributed by atoms with Crippen LogP contribution in [0.3, 0.4) is 0 Å². The molecule has 9 heteroatoms. The first-order valence-electron chi connectivity index (χ1n) is 7.48. The van der Waals surface area contributed by atoms with E-state index in [4.69, 9.17) is 4.55 Å². The highest BCUT2D eigenvalue weighted by Gasteiger charge is 2.21. The Kier molecular flexibility index (Phi) is 6.17. The zero-order valence-electron chi connectivity index (χ0n) is 14.1. The van der Waals surface area contributed by atoms with Crippen LogP contribution in [0, 0.1) is 17.0 Å². The fourth-order valence-corrected chi connectivity index (χ4v) is 3.34. The van der Waals surface area contributed by atoms with Gasteiger partial charge in [-0.2, -0.15) is 8.42 Å². The first kappa shape index (κ1) is 20.1. The fourth-order valence-electron chi connectivity index (χ4n) is 2.36. The largest absolute Gasteiger partial charge is 0.376 e. The van der Waals surface area contributed by atoms with Gasteiger partial charge in [-0.25, -0.2) is 0 Å². The first-order valence-corrected chi connectivity index (χ1v) is 9.71. The molecule has 0 radical (unpaired) electrons. The van der Waals surface area contributed by atoms with Crippen LogP contribution in [-0.4, -0.2) is 29.8 Å². The van der Waals surface area contributed by atoms with Crippen molar-refractivity contribution in [1.29, 1.82) is 0 Å². The van der Waals surface area contributed by atoms with E-state index >= 15 is 0 Å². The number of nitro benzene ring substituents is 1. The van der Waals surface area contributed by atoms with Gasteiger partial charge in [-0.1, -0.05) is 33.6 Å². The number of fused-ring (bicyclic) bond motifs is 1. The van der Waals surface area contributed by atoms with E-state index in [1.807, 2.05) is 31.1 Å². The third-order valence-electron chi connectivity index (χ3n) is 3.70. The van der Waals surface area contributed by atoms with Crippen LogP contribution in [-0.2, 0) is 16.7 Å². The molecule has 2 aromatic rings. The van der Waals surface area contributed by atoms with Crippen molar-refractivity contribution >= 4 is 37.8 Å². The maximum Gasteiger partial charge on any atom is 0.294 e. The molecule has 0 atom stereocenters. The molecular weight excluding hydrogens is 424 g/mol. The molecule has 0 unspecified atom stereocenters. The molecule has 7 nitrogen and oxygen atoms in total. The molecule has 1 aliphatic heterocycles. The summed E-state index contributed by atoms with van der Waals surface area (Å²) in [5.41, 5.74) is 2.81. The smallest absolute Gasteiger partial charge is 0.294 e. The normalized spacial score (nSPS) is 12.8. The van der Waals surface area contributed by atoms with E-state index in [1.165, 1.54) is 18.2 Å². The van der Waals surface area contributed by atoms with E-state index in [9.17, 15) is 18.5 Å². The van der Waals surface area contributed by atoms with Gasteiger partial charge < -0.3 is 4.90 Å². The van der Waals surface area contributed by atoms with Crippen LogP contribution in [0.5, 0.6) is 0 Å². The predicted molar refractivity (Wildman–Crippen MR) is 102 cm³/mol. The van der Waals surface area contributed by atoms with E-state index in [-0.39, 0.29) is 15.5 Å². The van der Waals surface area contributed by atoms with Crippen molar-refractivity contribution in [2.45, 2.75) is 18.4 Å². The Morgan fingerprint density at radius 1 is 1.19 bits per heavy atom. The third-order valence-corrected chi connectivity index (χ3v) is 5.26. The van der Waals surface area contributed by atoms with Gasteiger partial charge in [0, 0.05) is 29.7 Å². The molecule has 26 heavy (non-hydrogen) atoms. The van der Waals surface area contributed by atoms with Crippen molar-refractivity contribution in [3.05, 3.63) is 73.9 Å². The Labute approximate surface area is 160 Å². The minimum Gasteiger partial charge on any atom is -0.376 e. The highest BCUT2D eigenvalue weighted by molar-refractivity contribution is 9.10. The Balaban J connectivity index is 0.000000197. The van der Waals surface area contributed by atoms with Gasteiger partial charge in [0.05, 0.1) is 15.4 Å². The molecule has 1 aliphatic rings. The quantitative estimate of drug-likeness (QED) is 0.429. The summed E-state index contributed by atoms with van der Waals surface area (Å²) in [6.07, 6.45) is 3.80. The number of aryl methyl sites for hydroxylation is 1. The summed E-state index contributed by atoms with van der Waals surface area (Å²) in [6, 6.07) is 9.24. The topological polar surface area (TPSA) is 101 Å². The number of nitrogens with zero attached hydrogens (tertiary/aromatic N) is 2. The van der Waals surface area contributed by atoms with Gasteiger partial charge in [0.15, 0.2) is 0 Å². The summed E-state index contributed by atoms with van der Waals surface area (Å²) in [5, 5.41) is 10.8. The molecule has 3 rings (SSSR count). The molecule has 0 bridgehead atoms. The van der Waals surface area contributed by atoms with E-state index in [1.54, 1.807) is 18.2 Å². The number of hydrogen-bond acceptors (Lipinski definition) is 5. The van der Waals surface area contributed by atoms with Crippen molar-refractivity contribution in [2.24, 2.45) is 0 Å². The lowest BCUT2D eigenvalue weighted by Gasteiger charge is -2.21. The Hall–Kier alpha value is -2.23. The van der Waals surface area contributed by atoms with Crippen LogP contribution in [0.4, 0.5) is 5.69 Å². The molecule has 0 aliphatic carbocycles. The zero-order valence-corrected chi connectivity index (χ0v) is 16.5. The minimum absolute atomic E-state index is 0.0666. The maximum absolute atomic E-state index is 10.8. The van der Waals surface area contributed by atoms with Gasteiger partial charge in [-0.05, 0) is 37.4 Å². The zero-order chi connectivity index (χ0) is 19.5. The van der Waals surface area contributed by atoms with Crippen LogP contribution in [0.25, 0.3) is 6.08 Å². The number of benzene rings is 2. The summed E-state index contributed by atoms with van der Waals surface area (Å²) >= 11 is 3.39. The van der Waals surface area contributed by atoms with Crippen molar-refractivity contribution in [3.63, 3.8) is 0 Å². The molecule has 0 saturated carbocycles. The molecule has 0 spiro atoms. The second-order valence-corrected chi connectivity index (χ2v) is 8.01. The molecular formula is C17H17BrN2O5S. The van der Waals surface area contributed by atoms with Crippen molar-refractivity contribution in [3.8, 4) is 0 Å². The SMILES string of the molecule is CN1C=Cc2c(Br)ccc([N+](=O)[O-])c2C1.Cc1ccc(S(=O)(=O)O)cc1. The van der Waals surface area contributed by atoms with Crippen molar-refractivity contribution < 1.29 is 17.9 Å². The maximum atomic E-state index is 10.8. The predicted octanol–water partition coefficient (Wildman–Crippen LogP) is 4.02. The number of hydrogen-bond donors (Lipinski definition) is 1. The minimum atomic E-state index is -4.02. The van der Waals surface area contributed by atoms with Crippen molar-refractivity contribution in [2.75, 3.05) is 7.05 Å². The molecule has 138 valence electrons.